The van der Waals surface area contributed by atoms with Gasteiger partial charge in [0.25, 0.3) is 0 Å². The first-order chi connectivity index (χ1) is 9.22. The van der Waals surface area contributed by atoms with Crippen LogP contribution in [-0.4, -0.2) is 33.6 Å². The van der Waals surface area contributed by atoms with Gasteiger partial charge in [-0.2, -0.15) is 4.39 Å². The van der Waals surface area contributed by atoms with E-state index in [1.807, 2.05) is 0 Å². The van der Waals surface area contributed by atoms with Gasteiger partial charge in [0.05, 0.1) is 22.0 Å². The number of sulfonamides is 1. The fraction of sp³-hybridized carbons (Fsp3) is 0.455. The quantitative estimate of drug-likeness (QED) is 0.485. The van der Waals surface area contributed by atoms with Crippen molar-refractivity contribution in [3.63, 3.8) is 0 Å². The summed E-state index contributed by atoms with van der Waals surface area (Å²) in [6.07, 6.45) is 0. The van der Waals surface area contributed by atoms with E-state index in [4.69, 9.17) is 4.74 Å². The normalized spacial score (nSPS) is 11.6. The van der Waals surface area contributed by atoms with Crippen LogP contribution in [0.3, 0.4) is 0 Å². The van der Waals surface area contributed by atoms with Gasteiger partial charge in [-0.1, -0.05) is 0 Å². The third-order valence-electron chi connectivity index (χ3n) is 2.67. The zero-order valence-corrected chi connectivity index (χ0v) is 12.1. The Kier molecular flexibility index (Phi) is 5.15. The molecule has 1 N–H and O–H groups in total. The molecule has 20 heavy (non-hydrogen) atoms. The van der Waals surface area contributed by atoms with Gasteiger partial charge >= 0.3 is 5.69 Å². The number of nitrogens with zero attached hydrogens (tertiary/aromatic N) is 1. The molecule has 0 aliphatic rings. The number of aryl methyl sites for hydroxylation is 1. The van der Waals surface area contributed by atoms with Gasteiger partial charge in [0.15, 0.2) is 0 Å². The van der Waals surface area contributed by atoms with E-state index in [1.54, 1.807) is 0 Å². The van der Waals surface area contributed by atoms with Crippen molar-refractivity contribution in [2.45, 2.75) is 18.7 Å². The van der Waals surface area contributed by atoms with E-state index in [2.05, 4.69) is 4.72 Å². The average Bonchev–Trinajstić information content (AvgIpc) is 2.26. The maximum atomic E-state index is 13.6. The lowest BCUT2D eigenvalue weighted by Gasteiger charge is -2.12. The van der Waals surface area contributed by atoms with Crippen LogP contribution >= 0.6 is 0 Å². The number of ether oxygens (including phenoxy) is 1. The highest BCUT2D eigenvalue weighted by molar-refractivity contribution is 7.89. The van der Waals surface area contributed by atoms with Crippen molar-refractivity contribution in [2.24, 2.45) is 0 Å². The summed E-state index contributed by atoms with van der Waals surface area (Å²) in [4.78, 5) is 9.62. The molecule has 7 nitrogen and oxygen atoms in total. The number of halogens is 1. The van der Waals surface area contributed by atoms with Crippen LogP contribution in [-0.2, 0) is 14.8 Å². The predicted molar refractivity (Wildman–Crippen MR) is 69.6 cm³/mol. The summed E-state index contributed by atoms with van der Waals surface area (Å²) in [5.41, 5.74) is -0.948. The number of benzene rings is 1. The first-order valence-corrected chi connectivity index (χ1v) is 7.13. The van der Waals surface area contributed by atoms with Crippen molar-refractivity contribution in [2.75, 3.05) is 20.3 Å². The molecule has 112 valence electrons. The van der Waals surface area contributed by atoms with Crippen molar-refractivity contribution >= 4 is 15.7 Å². The minimum Gasteiger partial charge on any atom is -0.383 e. The van der Waals surface area contributed by atoms with Gasteiger partial charge in [0.1, 0.15) is 0 Å². The Hall–Kier alpha value is -1.58. The number of nitro benzene ring substituents is 1. The summed E-state index contributed by atoms with van der Waals surface area (Å²) in [6, 6.07) is 0.843. The number of hydrogen-bond donors (Lipinski definition) is 1. The Morgan fingerprint density at radius 1 is 1.45 bits per heavy atom. The zero-order valence-electron chi connectivity index (χ0n) is 11.3. The topological polar surface area (TPSA) is 98.5 Å². The van der Waals surface area contributed by atoms with E-state index in [9.17, 15) is 22.9 Å². The van der Waals surface area contributed by atoms with Gasteiger partial charge in [0, 0.05) is 13.7 Å². The Morgan fingerprint density at radius 3 is 2.55 bits per heavy atom. The van der Waals surface area contributed by atoms with Gasteiger partial charge in [-0.15, -0.1) is 0 Å². The van der Waals surface area contributed by atoms with Crippen molar-refractivity contribution in [1.29, 1.82) is 0 Å². The summed E-state index contributed by atoms with van der Waals surface area (Å²) in [5, 5.41) is 10.8. The number of rotatable bonds is 6. The molecule has 1 aromatic carbocycles. The number of methoxy groups -OCH3 is 1. The zero-order chi connectivity index (χ0) is 15.5. The maximum Gasteiger partial charge on any atom is 0.309 e. The maximum absolute atomic E-state index is 13.6. The second-order valence-corrected chi connectivity index (χ2v) is 5.83. The minimum atomic E-state index is -3.97. The van der Waals surface area contributed by atoms with Crippen LogP contribution in [0.4, 0.5) is 10.1 Å². The lowest BCUT2D eigenvalue weighted by atomic mass is 10.1. The van der Waals surface area contributed by atoms with Gasteiger partial charge in [-0.25, -0.2) is 13.1 Å². The van der Waals surface area contributed by atoms with Gasteiger partial charge in [-0.05, 0) is 25.5 Å². The van der Waals surface area contributed by atoms with E-state index in [1.165, 1.54) is 21.0 Å². The average molecular weight is 306 g/mol. The predicted octanol–water partition coefficient (Wildman–Crippen LogP) is 1.28. The van der Waals surface area contributed by atoms with Crippen molar-refractivity contribution in [3.05, 3.63) is 33.1 Å². The van der Waals surface area contributed by atoms with E-state index >= 15 is 0 Å². The lowest BCUT2D eigenvalue weighted by molar-refractivity contribution is -0.388. The number of nitro groups is 1. The molecule has 0 aromatic heterocycles. The number of hydrogen-bond acceptors (Lipinski definition) is 5. The van der Waals surface area contributed by atoms with Crippen LogP contribution in [0.1, 0.15) is 11.1 Å². The fourth-order valence-electron chi connectivity index (χ4n) is 1.89. The van der Waals surface area contributed by atoms with Gasteiger partial charge in [0.2, 0.25) is 15.8 Å². The fourth-order valence-corrected chi connectivity index (χ4v) is 3.37. The van der Waals surface area contributed by atoms with Crippen LogP contribution in [0.5, 0.6) is 0 Å². The Morgan fingerprint density at radius 2 is 2.05 bits per heavy atom. The summed E-state index contributed by atoms with van der Waals surface area (Å²) in [5.74, 6) is -1.05. The molecule has 0 saturated carbocycles. The third kappa shape index (κ3) is 3.30. The van der Waals surface area contributed by atoms with Crippen molar-refractivity contribution < 1.29 is 22.5 Å². The molecule has 0 saturated heterocycles. The van der Waals surface area contributed by atoms with E-state index in [0.29, 0.717) is 0 Å². The molecule has 0 aliphatic heterocycles. The molecule has 0 aliphatic carbocycles. The Balaban J connectivity index is 3.38. The van der Waals surface area contributed by atoms with Crippen LogP contribution < -0.4 is 4.72 Å². The summed E-state index contributed by atoms with van der Waals surface area (Å²) in [6.45, 7) is 2.76. The molecule has 9 heteroatoms. The van der Waals surface area contributed by atoms with Gasteiger partial charge in [-0.3, -0.25) is 10.1 Å². The molecular weight excluding hydrogens is 291 g/mol. The summed E-state index contributed by atoms with van der Waals surface area (Å²) in [7, 11) is -2.56. The first-order valence-electron chi connectivity index (χ1n) is 5.65. The molecule has 0 heterocycles. The summed E-state index contributed by atoms with van der Waals surface area (Å²) >= 11 is 0. The SMILES string of the molecule is COCCNS(=O)(=O)c1c(C)cc(F)c([N+](=O)[O-])c1C. The van der Waals surface area contributed by atoms with Crippen LogP contribution in [0.2, 0.25) is 0 Å². The lowest BCUT2D eigenvalue weighted by Crippen LogP contribution is -2.28. The standard InChI is InChI=1S/C11H15FN2O5S/c1-7-6-9(12)10(14(15)16)8(2)11(7)20(17,18)13-4-5-19-3/h6,13H,4-5H2,1-3H3. The molecule has 0 amide bonds. The Bertz CT molecular complexity index is 630. The smallest absolute Gasteiger partial charge is 0.309 e. The minimum absolute atomic E-state index is 0.0168. The van der Waals surface area contributed by atoms with E-state index < -0.39 is 26.5 Å². The molecule has 0 bridgehead atoms. The second kappa shape index (κ2) is 6.25. The molecule has 0 atom stereocenters. The summed E-state index contributed by atoms with van der Waals surface area (Å²) < 4.78 is 44.8. The van der Waals surface area contributed by atoms with Crippen molar-refractivity contribution in [3.8, 4) is 0 Å². The van der Waals surface area contributed by atoms with E-state index in [-0.39, 0.29) is 29.2 Å². The molecule has 0 radical (unpaired) electrons. The monoisotopic (exact) mass is 306 g/mol. The Labute approximate surface area is 115 Å². The second-order valence-electron chi connectivity index (χ2n) is 4.13. The number of nitrogens with one attached hydrogen (secondary N) is 1. The first kappa shape index (κ1) is 16.5. The molecule has 0 unspecified atom stereocenters. The third-order valence-corrected chi connectivity index (χ3v) is 4.42. The molecule has 1 rings (SSSR count). The van der Waals surface area contributed by atoms with Crippen LogP contribution in [0, 0.1) is 29.8 Å². The van der Waals surface area contributed by atoms with E-state index in [0.717, 1.165) is 6.07 Å². The molecule has 0 spiro atoms. The van der Waals surface area contributed by atoms with Crippen LogP contribution in [0.25, 0.3) is 0 Å². The van der Waals surface area contributed by atoms with Crippen molar-refractivity contribution in [1.82, 2.24) is 4.72 Å². The largest absolute Gasteiger partial charge is 0.383 e. The molecule has 1 aromatic rings. The van der Waals surface area contributed by atoms with Crippen LogP contribution in [0.15, 0.2) is 11.0 Å². The highest BCUT2D eigenvalue weighted by Crippen LogP contribution is 2.30. The highest BCUT2D eigenvalue weighted by atomic mass is 32.2. The molecule has 0 fully saturated rings. The highest BCUT2D eigenvalue weighted by Gasteiger charge is 2.29. The van der Waals surface area contributed by atoms with Gasteiger partial charge < -0.3 is 4.74 Å². The molecular formula is C11H15FN2O5S.